The van der Waals surface area contributed by atoms with Crippen LogP contribution in [0.5, 0.6) is 0 Å². The fraction of sp³-hybridized carbons (Fsp3) is 0.818. The van der Waals surface area contributed by atoms with E-state index in [1.807, 2.05) is 6.92 Å². The summed E-state index contributed by atoms with van der Waals surface area (Å²) in [7, 11) is 0. The van der Waals surface area contributed by atoms with Gasteiger partial charge in [-0.3, -0.25) is 0 Å². The van der Waals surface area contributed by atoms with Crippen molar-refractivity contribution in [3.8, 4) is 0 Å². The Bertz CT molecular complexity index is 361. The molecule has 3 aliphatic carbocycles. The second-order valence-corrected chi connectivity index (χ2v) is 6.64. The van der Waals surface area contributed by atoms with E-state index in [9.17, 15) is 0 Å². The van der Waals surface area contributed by atoms with Crippen LogP contribution in [-0.4, -0.2) is 10.2 Å². The van der Waals surface area contributed by atoms with E-state index < -0.39 is 0 Å². The average molecular weight is 208 g/mol. The van der Waals surface area contributed by atoms with E-state index in [0.717, 1.165) is 10.9 Å². The zero-order valence-corrected chi connectivity index (χ0v) is 9.82. The molecule has 0 unspecified atom stereocenters. The van der Waals surface area contributed by atoms with Gasteiger partial charge in [-0.15, -0.1) is 21.5 Å². The highest BCUT2D eigenvalue weighted by Crippen LogP contribution is 2.76. The Labute approximate surface area is 88.8 Å². The molecule has 0 atom stereocenters. The molecule has 0 saturated heterocycles. The van der Waals surface area contributed by atoms with Crippen LogP contribution in [0.25, 0.3) is 0 Å². The van der Waals surface area contributed by atoms with Crippen molar-refractivity contribution in [2.24, 2.45) is 11.3 Å². The third-order valence-electron chi connectivity index (χ3n) is 4.28. The molecule has 0 amide bonds. The summed E-state index contributed by atoms with van der Waals surface area (Å²) >= 11 is 1.80. The van der Waals surface area contributed by atoms with Crippen molar-refractivity contribution in [1.29, 1.82) is 0 Å². The number of aryl methyl sites for hydroxylation is 1. The summed E-state index contributed by atoms with van der Waals surface area (Å²) in [5.41, 5.74) is 1.15. The summed E-state index contributed by atoms with van der Waals surface area (Å²) in [6.07, 6.45) is 4.10. The Kier molecular flexibility index (Phi) is 1.50. The van der Waals surface area contributed by atoms with Crippen LogP contribution >= 0.6 is 11.3 Å². The van der Waals surface area contributed by atoms with Crippen LogP contribution in [-0.2, 0) is 5.41 Å². The molecule has 0 aliphatic heterocycles. The van der Waals surface area contributed by atoms with Gasteiger partial charge >= 0.3 is 0 Å². The van der Waals surface area contributed by atoms with Gasteiger partial charge in [0.25, 0.3) is 0 Å². The smallest absolute Gasteiger partial charge is 0.123 e. The minimum absolute atomic E-state index is 0.468. The van der Waals surface area contributed by atoms with Crippen LogP contribution < -0.4 is 0 Å². The SMILES string of the molecule is Cc1nnc(C23CC(C(C)C)(C2)C3)s1. The lowest BCUT2D eigenvalue weighted by molar-refractivity contribution is -0.172. The topological polar surface area (TPSA) is 25.8 Å². The molecule has 3 aliphatic rings. The molecular weight excluding hydrogens is 192 g/mol. The predicted molar refractivity (Wildman–Crippen MR) is 57.4 cm³/mol. The van der Waals surface area contributed by atoms with Gasteiger partial charge in [0.2, 0.25) is 0 Å². The number of hydrogen-bond donors (Lipinski definition) is 0. The molecule has 4 rings (SSSR count). The molecule has 76 valence electrons. The van der Waals surface area contributed by atoms with Crippen molar-refractivity contribution in [1.82, 2.24) is 10.2 Å². The van der Waals surface area contributed by atoms with Gasteiger partial charge in [0.15, 0.2) is 0 Å². The summed E-state index contributed by atoms with van der Waals surface area (Å²) in [6.45, 7) is 6.76. The second-order valence-electron chi connectivity index (χ2n) is 5.45. The normalized spacial score (nSPS) is 39.4. The maximum absolute atomic E-state index is 4.31. The Morgan fingerprint density at radius 3 is 2.29 bits per heavy atom. The third-order valence-corrected chi connectivity index (χ3v) is 5.36. The molecular formula is C11H16N2S. The van der Waals surface area contributed by atoms with E-state index in [4.69, 9.17) is 0 Å². The molecule has 3 saturated carbocycles. The summed E-state index contributed by atoms with van der Waals surface area (Å²) < 4.78 is 0. The fourth-order valence-corrected chi connectivity index (χ4v) is 4.09. The third kappa shape index (κ3) is 0.867. The van der Waals surface area contributed by atoms with Crippen LogP contribution in [0.2, 0.25) is 0 Å². The van der Waals surface area contributed by atoms with Crippen molar-refractivity contribution in [2.45, 2.75) is 45.4 Å². The molecule has 2 bridgehead atoms. The summed E-state index contributed by atoms with van der Waals surface area (Å²) in [6, 6.07) is 0. The quantitative estimate of drug-likeness (QED) is 0.747. The van der Waals surface area contributed by atoms with Crippen LogP contribution in [0, 0.1) is 18.3 Å². The largest absolute Gasteiger partial charge is 0.144 e. The van der Waals surface area contributed by atoms with E-state index in [2.05, 4.69) is 24.0 Å². The van der Waals surface area contributed by atoms with E-state index in [1.165, 1.54) is 24.3 Å². The van der Waals surface area contributed by atoms with Crippen molar-refractivity contribution in [3.05, 3.63) is 10.0 Å². The first-order chi connectivity index (χ1) is 6.56. The number of aromatic nitrogens is 2. The molecule has 1 heterocycles. The highest BCUT2D eigenvalue weighted by Gasteiger charge is 2.70. The molecule has 14 heavy (non-hydrogen) atoms. The van der Waals surface area contributed by atoms with Crippen LogP contribution in [0.4, 0.5) is 0 Å². The Hall–Kier alpha value is -0.440. The van der Waals surface area contributed by atoms with Gasteiger partial charge < -0.3 is 0 Å². The molecule has 3 heteroatoms. The van der Waals surface area contributed by atoms with Gasteiger partial charge in [-0.25, -0.2) is 0 Å². The Morgan fingerprint density at radius 2 is 1.86 bits per heavy atom. The Balaban J connectivity index is 1.81. The lowest BCUT2D eigenvalue weighted by Crippen LogP contribution is -2.66. The van der Waals surface area contributed by atoms with Crippen LogP contribution in [0.1, 0.15) is 43.1 Å². The van der Waals surface area contributed by atoms with Crippen molar-refractivity contribution in [2.75, 3.05) is 0 Å². The fourth-order valence-electron chi connectivity index (χ4n) is 3.22. The number of hydrogen-bond acceptors (Lipinski definition) is 3. The summed E-state index contributed by atoms with van der Waals surface area (Å²) in [5.74, 6) is 0.846. The van der Waals surface area contributed by atoms with E-state index in [0.29, 0.717) is 10.8 Å². The molecule has 3 fully saturated rings. The molecule has 0 N–H and O–H groups in total. The van der Waals surface area contributed by atoms with Gasteiger partial charge in [-0.05, 0) is 37.5 Å². The molecule has 1 aromatic heterocycles. The Morgan fingerprint density at radius 1 is 1.21 bits per heavy atom. The van der Waals surface area contributed by atoms with E-state index >= 15 is 0 Å². The summed E-state index contributed by atoms with van der Waals surface area (Å²) in [4.78, 5) is 0. The zero-order chi connectivity index (χ0) is 9.97. The van der Waals surface area contributed by atoms with Crippen molar-refractivity contribution < 1.29 is 0 Å². The second kappa shape index (κ2) is 2.38. The van der Waals surface area contributed by atoms with Gasteiger partial charge in [0.1, 0.15) is 10.0 Å². The van der Waals surface area contributed by atoms with Crippen molar-refractivity contribution in [3.63, 3.8) is 0 Å². The van der Waals surface area contributed by atoms with Crippen LogP contribution in [0.15, 0.2) is 0 Å². The van der Waals surface area contributed by atoms with Crippen molar-refractivity contribution >= 4 is 11.3 Å². The standard InChI is InChI=1S/C11H16N2S/c1-7(2)10-4-11(5-10,6-10)9-13-12-8(3)14-9/h7H,4-6H2,1-3H3. The molecule has 0 aromatic carbocycles. The highest BCUT2D eigenvalue weighted by molar-refractivity contribution is 7.11. The molecule has 1 aromatic rings. The first-order valence-corrected chi connectivity index (χ1v) is 6.19. The zero-order valence-electron chi connectivity index (χ0n) is 9.00. The number of nitrogens with zero attached hydrogens (tertiary/aromatic N) is 2. The van der Waals surface area contributed by atoms with Crippen LogP contribution in [0.3, 0.4) is 0 Å². The maximum Gasteiger partial charge on any atom is 0.123 e. The molecule has 2 nitrogen and oxygen atoms in total. The summed E-state index contributed by atoms with van der Waals surface area (Å²) in [5, 5.41) is 10.8. The van der Waals surface area contributed by atoms with Gasteiger partial charge in [-0.2, -0.15) is 0 Å². The molecule has 0 radical (unpaired) electrons. The predicted octanol–water partition coefficient (Wildman–Crippen LogP) is 2.92. The lowest BCUT2D eigenvalue weighted by Gasteiger charge is -2.72. The van der Waals surface area contributed by atoms with E-state index in [1.54, 1.807) is 11.3 Å². The maximum atomic E-state index is 4.31. The average Bonchev–Trinajstić information content (AvgIpc) is 2.28. The van der Waals surface area contributed by atoms with E-state index in [-0.39, 0.29) is 0 Å². The molecule has 0 spiro atoms. The monoisotopic (exact) mass is 208 g/mol. The highest BCUT2D eigenvalue weighted by atomic mass is 32.1. The first kappa shape index (κ1) is 8.84. The number of rotatable bonds is 2. The lowest BCUT2D eigenvalue weighted by atomic mass is 9.32. The minimum Gasteiger partial charge on any atom is -0.144 e. The van der Waals surface area contributed by atoms with Gasteiger partial charge in [-0.1, -0.05) is 13.8 Å². The van der Waals surface area contributed by atoms with Gasteiger partial charge in [0, 0.05) is 5.41 Å². The minimum atomic E-state index is 0.468. The first-order valence-electron chi connectivity index (χ1n) is 5.37. The van der Waals surface area contributed by atoms with Gasteiger partial charge in [0.05, 0.1) is 0 Å².